The van der Waals surface area contributed by atoms with E-state index in [1.807, 2.05) is 0 Å². The van der Waals surface area contributed by atoms with E-state index in [4.69, 9.17) is 12.2 Å². The molecular weight excluding hydrogens is 138 g/mol. The fourth-order valence-electron chi connectivity index (χ4n) is 0.895. The van der Waals surface area contributed by atoms with Crippen LogP contribution in [0, 0.1) is 0 Å². The third-order valence-electron chi connectivity index (χ3n) is 1.36. The van der Waals surface area contributed by atoms with Gasteiger partial charge in [-0.3, -0.25) is 0 Å². The Labute approximate surface area is 60.3 Å². The first-order chi connectivity index (χ1) is 3.80. The molecule has 1 heterocycles. The van der Waals surface area contributed by atoms with Crippen LogP contribution in [0.1, 0.15) is 12.8 Å². The summed E-state index contributed by atoms with van der Waals surface area (Å²) in [5, 5.41) is 3.24. The molecule has 1 fully saturated rings. The van der Waals surface area contributed by atoms with E-state index in [2.05, 4.69) is 17.9 Å². The maximum absolute atomic E-state index is 4.86. The monoisotopic (exact) mass is 147 g/mol. The van der Waals surface area contributed by atoms with Crippen molar-refractivity contribution in [1.29, 1.82) is 0 Å². The minimum Gasteiger partial charge on any atom is -0.309 e. The van der Waals surface area contributed by atoms with Crippen molar-refractivity contribution in [2.75, 3.05) is 6.54 Å². The summed E-state index contributed by atoms with van der Waals surface area (Å²) in [6, 6.07) is 0.410. The standard InChI is InChI=1S/C5H9NS2/c7-5(8)4-2-1-3-6-4/h4,6H,1-3H2,(H,7,8)/t4-/m0/s1. The lowest BCUT2D eigenvalue weighted by molar-refractivity contribution is 0.778. The van der Waals surface area contributed by atoms with Crippen molar-refractivity contribution in [2.24, 2.45) is 0 Å². The minimum atomic E-state index is 0.410. The Kier molecular flexibility index (Phi) is 2.28. The van der Waals surface area contributed by atoms with Gasteiger partial charge < -0.3 is 5.32 Å². The van der Waals surface area contributed by atoms with Gasteiger partial charge in [0.15, 0.2) is 0 Å². The van der Waals surface area contributed by atoms with Crippen LogP contribution >= 0.6 is 24.8 Å². The molecule has 46 valence electrons. The number of hydrogen-bond acceptors (Lipinski definition) is 2. The molecule has 0 unspecified atom stereocenters. The normalized spacial score (nSPS) is 28.4. The Hall–Kier alpha value is 0.400. The van der Waals surface area contributed by atoms with Crippen LogP contribution in [-0.4, -0.2) is 16.8 Å². The van der Waals surface area contributed by atoms with E-state index in [1.54, 1.807) is 0 Å². The van der Waals surface area contributed by atoms with Crippen molar-refractivity contribution in [3.63, 3.8) is 0 Å². The summed E-state index contributed by atoms with van der Waals surface area (Å²) in [5.41, 5.74) is 0. The summed E-state index contributed by atoms with van der Waals surface area (Å²) in [7, 11) is 0. The maximum Gasteiger partial charge on any atom is 0.0618 e. The molecule has 0 amide bonds. The Morgan fingerprint density at radius 1 is 1.75 bits per heavy atom. The Balaban J connectivity index is 2.35. The predicted octanol–water partition coefficient (Wildman–Crippen LogP) is 0.996. The van der Waals surface area contributed by atoms with Crippen LogP contribution in [0.2, 0.25) is 0 Å². The van der Waals surface area contributed by atoms with E-state index < -0.39 is 0 Å². The minimum absolute atomic E-state index is 0.410. The lowest BCUT2D eigenvalue weighted by atomic mass is 10.3. The van der Waals surface area contributed by atoms with Crippen molar-refractivity contribution < 1.29 is 0 Å². The van der Waals surface area contributed by atoms with Gasteiger partial charge in [-0.15, -0.1) is 12.6 Å². The van der Waals surface area contributed by atoms with Crippen molar-refractivity contribution in [3.8, 4) is 0 Å². The zero-order valence-electron chi connectivity index (χ0n) is 4.55. The first-order valence-electron chi connectivity index (χ1n) is 2.77. The van der Waals surface area contributed by atoms with Crippen LogP contribution in [0.15, 0.2) is 0 Å². The van der Waals surface area contributed by atoms with Crippen LogP contribution in [0.5, 0.6) is 0 Å². The Bertz CT molecular complexity index is 96.6. The molecule has 0 aromatic rings. The number of nitrogens with one attached hydrogen (secondary N) is 1. The molecule has 1 nitrogen and oxygen atoms in total. The molecule has 0 saturated carbocycles. The van der Waals surface area contributed by atoms with Gasteiger partial charge in [0, 0.05) is 6.04 Å². The largest absolute Gasteiger partial charge is 0.309 e. The average Bonchev–Trinajstić information content (AvgIpc) is 2.12. The van der Waals surface area contributed by atoms with Crippen LogP contribution in [0.25, 0.3) is 0 Å². The predicted molar refractivity (Wildman–Crippen MR) is 42.6 cm³/mol. The fourth-order valence-corrected chi connectivity index (χ4v) is 1.32. The molecule has 1 atom stereocenters. The highest BCUT2D eigenvalue weighted by Crippen LogP contribution is 2.08. The van der Waals surface area contributed by atoms with Crippen molar-refractivity contribution in [2.45, 2.75) is 18.9 Å². The summed E-state index contributed by atoms with van der Waals surface area (Å²) in [6.07, 6.45) is 2.41. The smallest absolute Gasteiger partial charge is 0.0618 e. The van der Waals surface area contributed by atoms with Gasteiger partial charge >= 0.3 is 0 Å². The van der Waals surface area contributed by atoms with Crippen molar-refractivity contribution >= 4 is 29.0 Å². The lowest BCUT2D eigenvalue weighted by Gasteiger charge is -2.03. The Morgan fingerprint density at radius 3 is 2.75 bits per heavy atom. The summed E-state index contributed by atoms with van der Waals surface area (Å²) in [6.45, 7) is 1.10. The second kappa shape index (κ2) is 2.80. The third kappa shape index (κ3) is 1.44. The molecule has 1 rings (SSSR count). The highest BCUT2D eigenvalue weighted by Gasteiger charge is 2.15. The van der Waals surface area contributed by atoms with E-state index in [-0.39, 0.29) is 0 Å². The first kappa shape index (κ1) is 6.52. The van der Waals surface area contributed by atoms with E-state index >= 15 is 0 Å². The van der Waals surface area contributed by atoms with Gasteiger partial charge in [0.1, 0.15) is 0 Å². The van der Waals surface area contributed by atoms with Gasteiger partial charge in [0.2, 0.25) is 0 Å². The summed E-state index contributed by atoms with van der Waals surface area (Å²) in [4.78, 5) is 0. The molecule has 0 aromatic heterocycles. The van der Waals surface area contributed by atoms with Crippen molar-refractivity contribution in [1.82, 2.24) is 5.32 Å². The number of thiocarbonyl (C=S) groups is 1. The molecule has 1 N–H and O–H groups in total. The zero-order chi connectivity index (χ0) is 5.98. The summed E-state index contributed by atoms with van der Waals surface area (Å²) >= 11 is 8.92. The quantitative estimate of drug-likeness (QED) is 0.424. The average molecular weight is 147 g/mol. The molecule has 8 heavy (non-hydrogen) atoms. The number of thiol groups is 1. The molecule has 3 heteroatoms. The topological polar surface area (TPSA) is 12.0 Å². The van der Waals surface area contributed by atoms with Gasteiger partial charge in [-0.25, -0.2) is 0 Å². The van der Waals surface area contributed by atoms with Gasteiger partial charge in [-0.05, 0) is 19.4 Å². The van der Waals surface area contributed by atoms with Gasteiger partial charge in [0.25, 0.3) is 0 Å². The van der Waals surface area contributed by atoms with Crippen LogP contribution in [-0.2, 0) is 0 Å². The first-order valence-corrected chi connectivity index (χ1v) is 3.62. The second-order valence-electron chi connectivity index (χ2n) is 1.99. The lowest BCUT2D eigenvalue weighted by Crippen LogP contribution is -2.25. The molecule has 0 bridgehead atoms. The molecule has 0 aliphatic carbocycles. The molecule has 1 saturated heterocycles. The molecule has 0 radical (unpaired) electrons. The van der Waals surface area contributed by atoms with E-state index in [1.165, 1.54) is 12.8 Å². The highest BCUT2D eigenvalue weighted by molar-refractivity contribution is 8.11. The molecule has 0 spiro atoms. The zero-order valence-corrected chi connectivity index (χ0v) is 6.27. The number of rotatable bonds is 1. The van der Waals surface area contributed by atoms with Gasteiger partial charge in [-0.1, -0.05) is 12.2 Å². The molecule has 0 aromatic carbocycles. The highest BCUT2D eigenvalue weighted by atomic mass is 32.1. The van der Waals surface area contributed by atoms with Crippen LogP contribution in [0.3, 0.4) is 0 Å². The molecule has 1 aliphatic heterocycles. The van der Waals surface area contributed by atoms with Crippen LogP contribution < -0.4 is 5.32 Å². The maximum atomic E-state index is 4.86. The molecular formula is C5H9NS2. The van der Waals surface area contributed by atoms with Crippen molar-refractivity contribution in [3.05, 3.63) is 0 Å². The van der Waals surface area contributed by atoms with E-state index in [0.29, 0.717) is 6.04 Å². The Morgan fingerprint density at radius 2 is 2.50 bits per heavy atom. The van der Waals surface area contributed by atoms with Crippen LogP contribution in [0.4, 0.5) is 0 Å². The molecule has 1 aliphatic rings. The fraction of sp³-hybridized carbons (Fsp3) is 0.800. The SMILES string of the molecule is S=C(S)[C@@H]1CCCN1. The van der Waals surface area contributed by atoms with Gasteiger partial charge in [0.05, 0.1) is 4.20 Å². The number of hydrogen-bond donors (Lipinski definition) is 2. The summed E-state index contributed by atoms with van der Waals surface area (Å²) < 4.78 is 0.808. The van der Waals surface area contributed by atoms with Gasteiger partial charge in [-0.2, -0.15) is 0 Å². The summed E-state index contributed by atoms with van der Waals surface area (Å²) in [5.74, 6) is 0. The van der Waals surface area contributed by atoms with E-state index in [0.717, 1.165) is 10.7 Å². The second-order valence-corrected chi connectivity index (χ2v) is 3.21. The van der Waals surface area contributed by atoms with E-state index in [9.17, 15) is 0 Å². The third-order valence-corrected chi connectivity index (χ3v) is 1.95.